The minimum atomic E-state index is -0.583. The fraction of sp³-hybridized carbons (Fsp3) is 0.300. The SMILES string of the molecule is CCC(Oc1cccc(C)c1C)C(=O)Nc1ccc2c(c1)sc(=O)n2C. The Labute approximate surface area is 156 Å². The van der Waals surface area contributed by atoms with Crippen molar-refractivity contribution in [3.05, 3.63) is 57.2 Å². The molecule has 1 atom stereocenters. The molecule has 3 aromatic rings. The van der Waals surface area contributed by atoms with E-state index in [1.807, 2.05) is 51.1 Å². The number of amides is 1. The first-order valence-electron chi connectivity index (χ1n) is 8.54. The summed E-state index contributed by atoms with van der Waals surface area (Å²) in [5, 5.41) is 2.90. The molecule has 0 spiro atoms. The van der Waals surface area contributed by atoms with E-state index in [1.54, 1.807) is 17.7 Å². The van der Waals surface area contributed by atoms with Gasteiger partial charge in [0, 0.05) is 12.7 Å². The van der Waals surface area contributed by atoms with Gasteiger partial charge in [0.15, 0.2) is 6.10 Å². The third kappa shape index (κ3) is 3.51. The van der Waals surface area contributed by atoms with Gasteiger partial charge < -0.3 is 14.6 Å². The van der Waals surface area contributed by atoms with Crippen LogP contribution in [0.2, 0.25) is 0 Å². The van der Waals surface area contributed by atoms with Gasteiger partial charge in [0.05, 0.1) is 10.2 Å². The predicted octanol–water partition coefficient (Wildman–Crippen LogP) is 4.01. The normalized spacial score (nSPS) is 12.2. The van der Waals surface area contributed by atoms with E-state index in [2.05, 4.69) is 5.32 Å². The molecule has 0 saturated heterocycles. The summed E-state index contributed by atoms with van der Waals surface area (Å²) in [6.45, 7) is 5.92. The van der Waals surface area contributed by atoms with Gasteiger partial charge in [0.1, 0.15) is 5.75 Å². The number of nitrogens with one attached hydrogen (secondary N) is 1. The van der Waals surface area contributed by atoms with Gasteiger partial charge >= 0.3 is 4.87 Å². The standard InChI is InChI=1S/C20H22N2O3S/c1-5-16(25-17-8-6-7-12(2)13(17)3)19(23)21-14-9-10-15-18(11-14)26-20(24)22(15)4/h6-11,16H,5H2,1-4H3,(H,21,23). The lowest BCUT2D eigenvalue weighted by Crippen LogP contribution is -2.32. The van der Waals surface area contributed by atoms with Gasteiger partial charge in [-0.05, 0) is 55.7 Å². The minimum Gasteiger partial charge on any atom is -0.480 e. The molecule has 3 rings (SSSR count). The van der Waals surface area contributed by atoms with Crippen LogP contribution in [0.3, 0.4) is 0 Å². The zero-order chi connectivity index (χ0) is 18.8. The maximum absolute atomic E-state index is 12.7. The second-order valence-electron chi connectivity index (χ2n) is 6.31. The van der Waals surface area contributed by atoms with Gasteiger partial charge in [-0.15, -0.1) is 0 Å². The minimum absolute atomic E-state index is 0.0202. The van der Waals surface area contributed by atoms with Crippen molar-refractivity contribution in [2.45, 2.75) is 33.3 Å². The smallest absolute Gasteiger partial charge is 0.307 e. The molecule has 1 unspecified atom stereocenters. The van der Waals surface area contributed by atoms with Crippen LogP contribution < -0.4 is 14.9 Å². The maximum Gasteiger partial charge on any atom is 0.307 e. The van der Waals surface area contributed by atoms with Crippen molar-refractivity contribution in [1.82, 2.24) is 4.57 Å². The molecule has 1 amide bonds. The van der Waals surface area contributed by atoms with Crippen molar-refractivity contribution < 1.29 is 9.53 Å². The summed E-state index contributed by atoms with van der Waals surface area (Å²) in [6, 6.07) is 11.3. The first kappa shape index (κ1) is 18.2. The van der Waals surface area contributed by atoms with Gasteiger partial charge in [-0.25, -0.2) is 0 Å². The molecule has 136 valence electrons. The molecule has 0 bridgehead atoms. The number of rotatable bonds is 5. The van der Waals surface area contributed by atoms with Crippen LogP contribution in [0.4, 0.5) is 5.69 Å². The van der Waals surface area contributed by atoms with E-state index in [4.69, 9.17) is 4.74 Å². The maximum atomic E-state index is 12.7. The summed E-state index contributed by atoms with van der Waals surface area (Å²) in [5.74, 6) is 0.528. The Bertz CT molecular complexity index is 1020. The number of aryl methyl sites for hydroxylation is 2. The molecule has 0 fully saturated rings. The van der Waals surface area contributed by atoms with Gasteiger partial charge in [0.25, 0.3) is 5.91 Å². The summed E-state index contributed by atoms with van der Waals surface area (Å²) < 4.78 is 8.40. The van der Waals surface area contributed by atoms with E-state index in [-0.39, 0.29) is 10.8 Å². The Hall–Kier alpha value is -2.60. The second kappa shape index (κ2) is 7.33. The van der Waals surface area contributed by atoms with Crippen LogP contribution in [0.1, 0.15) is 24.5 Å². The average molecular weight is 370 g/mol. The Morgan fingerprint density at radius 2 is 2.04 bits per heavy atom. The van der Waals surface area contributed by atoms with E-state index in [1.165, 1.54) is 11.3 Å². The molecule has 0 radical (unpaired) electrons. The van der Waals surface area contributed by atoms with Gasteiger partial charge in [0.2, 0.25) is 0 Å². The number of aromatic nitrogens is 1. The second-order valence-corrected chi connectivity index (χ2v) is 7.30. The largest absolute Gasteiger partial charge is 0.480 e. The zero-order valence-electron chi connectivity index (χ0n) is 15.3. The van der Waals surface area contributed by atoms with Gasteiger partial charge in [-0.1, -0.05) is 30.4 Å². The van der Waals surface area contributed by atoms with E-state index in [9.17, 15) is 9.59 Å². The highest BCUT2D eigenvalue weighted by molar-refractivity contribution is 7.16. The summed E-state index contributed by atoms with van der Waals surface area (Å²) in [5.41, 5.74) is 3.68. The van der Waals surface area contributed by atoms with E-state index in [0.29, 0.717) is 12.1 Å². The van der Waals surface area contributed by atoms with Crippen LogP contribution in [-0.2, 0) is 11.8 Å². The van der Waals surface area contributed by atoms with E-state index < -0.39 is 6.10 Å². The number of hydrogen-bond donors (Lipinski definition) is 1. The Morgan fingerprint density at radius 3 is 2.77 bits per heavy atom. The summed E-state index contributed by atoms with van der Waals surface area (Å²) in [4.78, 5) is 24.4. The van der Waals surface area contributed by atoms with Gasteiger partial charge in [-0.3, -0.25) is 9.59 Å². The van der Waals surface area contributed by atoms with E-state index >= 15 is 0 Å². The third-order valence-electron chi connectivity index (χ3n) is 4.55. The Balaban J connectivity index is 1.79. The predicted molar refractivity (Wildman–Crippen MR) is 106 cm³/mol. The molecule has 0 saturated carbocycles. The molecule has 0 aliphatic heterocycles. The topological polar surface area (TPSA) is 60.3 Å². The highest BCUT2D eigenvalue weighted by Crippen LogP contribution is 2.24. The first-order chi connectivity index (χ1) is 12.4. The number of benzene rings is 2. The number of ether oxygens (including phenoxy) is 1. The summed E-state index contributed by atoms with van der Waals surface area (Å²) >= 11 is 1.17. The summed E-state index contributed by atoms with van der Waals surface area (Å²) in [7, 11) is 1.74. The van der Waals surface area contributed by atoms with Crippen molar-refractivity contribution in [1.29, 1.82) is 0 Å². The van der Waals surface area contributed by atoms with Crippen LogP contribution in [0.15, 0.2) is 41.2 Å². The first-order valence-corrected chi connectivity index (χ1v) is 9.35. The van der Waals surface area contributed by atoms with Crippen molar-refractivity contribution in [2.24, 2.45) is 7.05 Å². The molecule has 0 aliphatic rings. The van der Waals surface area contributed by atoms with Crippen molar-refractivity contribution >= 4 is 33.1 Å². The number of fused-ring (bicyclic) bond motifs is 1. The lowest BCUT2D eigenvalue weighted by atomic mass is 10.1. The number of carbonyl (C=O) groups excluding carboxylic acids is 1. The molecule has 5 nitrogen and oxygen atoms in total. The third-order valence-corrected chi connectivity index (χ3v) is 5.54. The lowest BCUT2D eigenvalue weighted by molar-refractivity contribution is -0.122. The molecule has 1 aromatic heterocycles. The van der Waals surface area contributed by atoms with Crippen molar-refractivity contribution in [3.8, 4) is 5.75 Å². The Kier molecular flexibility index (Phi) is 5.13. The van der Waals surface area contributed by atoms with Crippen LogP contribution in [0.25, 0.3) is 10.2 Å². The van der Waals surface area contributed by atoms with Crippen LogP contribution in [0.5, 0.6) is 5.75 Å². The molecule has 1 N–H and O–H groups in total. The number of thiazole rings is 1. The zero-order valence-corrected chi connectivity index (χ0v) is 16.1. The van der Waals surface area contributed by atoms with Crippen molar-refractivity contribution in [3.63, 3.8) is 0 Å². The van der Waals surface area contributed by atoms with Crippen LogP contribution in [0, 0.1) is 13.8 Å². The van der Waals surface area contributed by atoms with Crippen LogP contribution in [-0.4, -0.2) is 16.6 Å². The lowest BCUT2D eigenvalue weighted by Gasteiger charge is -2.19. The Morgan fingerprint density at radius 1 is 1.27 bits per heavy atom. The molecular formula is C20H22N2O3S. The number of hydrogen-bond acceptors (Lipinski definition) is 4. The highest BCUT2D eigenvalue weighted by atomic mass is 32.1. The van der Waals surface area contributed by atoms with Crippen molar-refractivity contribution in [2.75, 3.05) is 5.32 Å². The fourth-order valence-electron chi connectivity index (χ4n) is 2.76. The number of carbonyl (C=O) groups is 1. The van der Waals surface area contributed by atoms with E-state index in [0.717, 1.165) is 27.1 Å². The molecule has 1 heterocycles. The molecule has 2 aromatic carbocycles. The van der Waals surface area contributed by atoms with Crippen LogP contribution >= 0.6 is 11.3 Å². The monoisotopic (exact) mass is 370 g/mol. The fourth-order valence-corrected chi connectivity index (χ4v) is 3.68. The number of anilines is 1. The summed E-state index contributed by atoms with van der Waals surface area (Å²) in [6.07, 6.45) is -0.0270. The average Bonchev–Trinajstić information content (AvgIpc) is 2.90. The quantitative estimate of drug-likeness (QED) is 0.738. The molecule has 26 heavy (non-hydrogen) atoms. The molecular weight excluding hydrogens is 348 g/mol. The van der Waals surface area contributed by atoms with Gasteiger partial charge in [-0.2, -0.15) is 0 Å². The molecule has 0 aliphatic carbocycles. The molecule has 6 heteroatoms. The highest BCUT2D eigenvalue weighted by Gasteiger charge is 2.20. The number of nitrogens with zero attached hydrogens (tertiary/aromatic N) is 1.